The second-order valence-electron chi connectivity index (χ2n) is 7.47. The Kier molecular flexibility index (Phi) is 3.72. The van der Waals surface area contributed by atoms with Crippen LogP contribution in [0.3, 0.4) is 0 Å². The molecule has 0 aromatic heterocycles. The lowest BCUT2D eigenvalue weighted by Crippen LogP contribution is -2.67. The lowest BCUT2D eigenvalue weighted by atomic mass is 9.98. The van der Waals surface area contributed by atoms with Crippen molar-refractivity contribution in [3.8, 4) is 11.1 Å². The number of β-amino-alcohol motifs (C(OH)–C–C–N with tert-alkyl or cyclic N) is 1. The standard InChI is InChI=1S/C21H22N2O3/c24-15-11-22(12-15)14-9-23(10-14)21(25)26-13-20-18-7-3-1-5-16(18)17-6-2-4-8-19(17)20/h1-8,14-15,20,24H,9-13H2. The molecule has 3 aliphatic rings. The van der Waals surface area contributed by atoms with E-state index in [1.807, 2.05) is 12.1 Å². The molecule has 0 radical (unpaired) electrons. The highest BCUT2D eigenvalue weighted by atomic mass is 16.6. The van der Waals surface area contributed by atoms with Gasteiger partial charge < -0.3 is 14.7 Å². The van der Waals surface area contributed by atoms with Crippen molar-refractivity contribution in [1.29, 1.82) is 0 Å². The summed E-state index contributed by atoms with van der Waals surface area (Å²) in [6.45, 7) is 3.22. The summed E-state index contributed by atoms with van der Waals surface area (Å²) in [5.41, 5.74) is 4.95. The second-order valence-corrected chi connectivity index (χ2v) is 7.47. The first-order chi connectivity index (χ1) is 12.7. The minimum Gasteiger partial charge on any atom is -0.448 e. The molecule has 0 atom stereocenters. The van der Waals surface area contributed by atoms with Crippen molar-refractivity contribution in [2.45, 2.75) is 18.1 Å². The number of amides is 1. The highest BCUT2D eigenvalue weighted by Crippen LogP contribution is 2.44. The highest BCUT2D eigenvalue weighted by Gasteiger charge is 2.41. The predicted octanol–water partition coefficient (Wildman–Crippen LogP) is 2.30. The molecule has 0 saturated carbocycles. The minimum absolute atomic E-state index is 0.106. The van der Waals surface area contributed by atoms with E-state index in [4.69, 9.17) is 4.74 Å². The Balaban J connectivity index is 1.23. The van der Waals surface area contributed by atoms with Crippen LogP contribution in [0.2, 0.25) is 0 Å². The van der Waals surface area contributed by atoms with Crippen molar-refractivity contribution in [2.24, 2.45) is 0 Å². The van der Waals surface area contributed by atoms with Crippen molar-refractivity contribution < 1.29 is 14.6 Å². The van der Waals surface area contributed by atoms with Gasteiger partial charge in [0.05, 0.1) is 6.10 Å². The van der Waals surface area contributed by atoms with Gasteiger partial charge in [-0.15, -0.1) is 0 Å². The van der Waals surface area contributed by atoms with E-state index in [9.17, 15) is 9.90 Å². The molecular formula is C21H22N2O3. The summed E-state index contributed by atoms with van der Waals surface area (Å²) in [5, 5.41) is 9.38. The molecular weight excluding hydrogens is 328 g/mol. The molecule has 2 aromatic carbocycles. The Morgan fingerprint density at radius 3 is 2.12 bits per heavy atom. The normalized spacial score (nSPS) is 20.3. The molecule has 5 rings (SSSR count). The summed E-state index contributed by atoms with van der Waals surface area (Å²) in [6.07, 6.45) is -0.428. The maximum Gasteiger partial charge on any atom is 0.409 e. The van der Waals surface area contributed by atoms with E-state index in [1.54, 1.807) is 4.90 Å². The molecule has 0 unspecified atom stereocenters. The van der Waals surface area contributed by atoms with Crippen LogP contribution in [0.5, 0.6) is 0 Å². The number of carbonyl (C=O) groups excluding carboxylic acids is 1. The molecule has 2 saturated heterocycles. The first-order valence-corrected chi connectivity index (χ1v) is 9.23. The van der Waals surface area contributed by atoms with Crippen LogP contribution < -0.4 is 0 Å². The Labute approximate surface area is 152 Å². The molecule has 26 heavy (non-hydrogen) atoms. The Bertz CT molecular complexity index is 795. The fraction of sp³-hybridized carbons (Fsp3) is 0.381. The number of hydrogen-bond acceptors (Lipinski definition) is 4. The maximum atomic E-state index is 12.4. The number of fused-ring (bicyclic) bond motifs is 3. The molecule has 5 heteroatoms. The van der Waals surface area contributed by atoms with Crippen LogP contribution in [0.25, 0.3) is 11.1 Å². The highest BCUT2D eigenvalue weighted by molar-refractivity contribution is 5.79. The zero-order chi connectivity index (χ0) is 17.7. The zero-order valence-corrected chi connectivity index (χ0v) is 14.5. The molecule has 2 fully saturated rings. The third-order valence-electron chi connectivity index (χ3n) is 5.86. The molecule has 1 amide bonds. The van der Waals surface area contributed by atoms with Crippen LogP contribution in [-0.2, 0) is 4.74 Å². The third-order valence-corrected chi connectivity index (χ3v) is 5.86. The molecule has 5 nitrogen and oxygen atoms in total. The van der Waals surface area contributed by atoms with E-state index in [0.717, 1.165) is 13.1 Å². The molecule has 1 aliphatic carbocycles. The molecule has 0 bridgehead atoms. The van der Waals surface area contributed by atoms with E-state index in [1.165, 1.54) is 22.3 Å². The van der Waals surface area contributed by atoms with Crippen LogP contribution in [0.4, 0.5) is 4.79 Å². The summed E-state index contributed by atoms with van der Waals surface area (Å²) in [4.78, 5) is 16.4. The van der Waals surface area contributed by atoms with Gasteiger partial charge in [0.15, 0.2) is 0 Å². The van der Waals surface area contributed by atoms with Crippen LogP contribution in [0, 0.1) is 0 Å². The van der Waals surface area contributed by atoms with Crippen LogP contribution in [0.15, 0.2) is 48.5 Å². The number of benzene rings is 2. The molecule has 1 N–H and O–H groups in total. The quantitative estimate of drug-likeness (QED) is 0.923. The van der Waals surface area contributed by atoms with Crippen LogP contribution >= 0.6 is 0 Å². The van der Waals surface area contributed by atoms with E-state index in [2.05, 4.69) is 41.3 Å². The fourth-order valence-corrected chi connectivity index (χ4v) is 4.31. The number of carbonyl (C=O) groups is 1. The van der Waals surface area contributed by atoms with Gasteiger partial charge in [0.2, 0.25) is 0 Å². The fourth-order valence-electron chi connectivity index (χ4n) is 4.31. The topological polar surface area (TPSA) is 53.0 Å². The van der Waals surface area contributed by atoms with Gasteiger partial charge in [-0.2, -0.15) is 0 Å². The predicted molar refractivity (Wildman–Crippen MR) is 98.0 cm³/mol. The third kappa shape index (κ3) is 2.50. The van der Waals surface area contributed by atoms with Gasteiger partial charge in [-0.25, -0.2) is 4.79 Å². The molecule has 0 spiro atoms. The number of hydrogen-bond donors (Lipinski definition) is 1. The average molecular weight is 350 g/mol. The van der Waals surface area contributed by atoms with E-state index in [-0.39, 0.29) is 18.1 Å². The Morgan fingerprint density at radius 1 is 0.962 bits per heavy atom. The number of likely N-dealkylation sites (tertiary alicyclic amines) is 2. The van der Waals surface area contributed by atoms with Gasteiger partial charge in [-0.05, 0) is 22.3 Å². The summed E-state index contributed by atoms with van der Waals surface area (Å²) in [7, 11) is 0. The van der Waals surface area contributed by atoms with Crippen molar-refractivity contribution in [1.82, 2.24) is 9.80 Å². The zero-order valence-electron chi connectivity index (χ0n) is 14.5. The molecule has 2 heterocycles. The molecule has 2 aromatic rings. The van der Waals surface area contributed by atoms with Crippen molar-refractivity contribution >= 4 is 6.09 Å². The smallest absolute Gasteiger partial charge is 0.409 e. The first kappa shape index (κ1) is 15.9. The van der Waals surface area contributed by atoms with Crippen LogP contribution in [-0.4, -0.2) is 65.9 Å². The van der Waals surface area contributed by atoms with Gasteiger partial charge in [0.25, 0.3) is 0 Å². The van der Waals surface area contributed by atoms with E-state index < -0.39 is 0 Å². The van der Waals surface area contributed by atoms with E-state index in [0.29, 0.717) is 25.7 Å². The lowest BCUT2D eigenvalue weighted by molar-refractivity contribution is -0.0666. The average Bonchev–Trinajstić information content (AvgIpc) is 2.91. The maximum absolute atomic E-state index is 12.4. The number of rotatable bonds is 3. The largest absolute Gasteiger partial charge is 0.448 e. The SMILES string of the molecule is O=C(OCC1c2ccccc2-c2ccccc21)N1CC(N2CC(O)C2)C1. The van der Waals surface area contributed by atoms with E-state index >= 15 is 0 Å². The molecule has 134 valence electrons. The number of ether oxygens (including phenoxy) is 1. The lowest BCUT2D eigenvalue weighted by Gasteiger charge is -2.50. The summed E-state index contributed by atoms with van der Waals surface area (Å²) < 4.78 is 5.66. The van der Waals surface area contributed by atoms with Gasteiger partial charge >= 0.3 is 6.09 Å². The molecule has 2 aliphatic heterocycles. The Morgan fingerprint density at radius 2 is 1.54 bits per heavy atom. The number of nitrogens with zero attached hydrogens (tertiary/aromatic N) is 2. The van der Waals surface area contributed by atoms with Crippen molar-refractivity contribution in [3.63, 3.8) is 0 Å². The number of aliphatic hydroxyl groups is 1. The van der Waals surface area contributed by atoms with Crippen molar-refractivity contribution in [2.75, 3.05) is 32.8 Å². The second kappa shape index (κ2) is 6.11. The monoisotopic (exact) mass is 350 g/mol. The van der Waals surface area contributed by atoms with Crippen LogP contribution in [0.1, 0.15) is 17.0 Å². The summed E-state index contributed by atoms with van der Waals surface area (Å²) in [5.74, 6) is 0.106. The van der Waals surface area contributed by atoms with Gasteiger partial charge in [0.1, 0.15) is 6.61 Å². The minimum atomic E-state index is -0.232. The van der Waals surface area contributed by atoms with Gasteiger partial charge in [-0.1, -0.05) is 48.5 Å². The van der Waals surface area contributed by atoms with Gasteiger partial charge in [0, 0.05) is 38.1 Å². The first-order valence-electron chi connectivity index (χ1n) is 9.23. The summed E-state index contributed by atoms with van der Waals surface area (Å²) in [6, 6.07) is 17.1. The van der Waals surface area contributed by atoms with Crippen molar-refractivity contribution in [3.05, 3.63) is 59.7 Å². The Hall–Kier alpha value is -2.37. The number of aliphatic hydroxyl groups excluding tert-OH is 1. The summed E-state index contributed by atoms with van der Waals surface area (Å²) >= 11 is 0. The van der Waals surface area contributed by atoms with Gasteiger partial charge in [-0.3, -0.25) is 4.90 Å².